The van der Waals surface area contributed by atoms with Crippen LogP contribution in [0.2, 0.25) is 0 Å². The van der Waals surface area contributed by atoms with Gasteiger partial charge < -0.3 is 10.6 Å². The molecular weight excluding hydrogens is 524 g/mol. The topological polar surface area (TPSA) is 123 Å². The van der Waals surface area contributed by atoms with Gasteiger partial charge in [0.15, 0.2) is 5.82 Å². The van der Waals surface area contributed by atoms with Crippen LogP contribution in [0.1, 0.15) is 25.5 Å². The molecule has 0 saturated carbocycles. The van der Waals surface area contributed by atoms with Crippen molar-refractivity contribution in [2.24, 2.45) is 11.1 Å². The molecule has 0 aliphatic heterocycles. The van der Waals surface area contributed by atoms with Gasteiger partial charge in [0.25, 0.3) is 0 Å². The maximum Gasteiger partial charge on any atom is 0.405 e. The maximum absolute atomic E-state index is 13.3. The van der Waals surface area contributed by atoms with E-state index in [1.807, 2.05) is 13.8 Å². The lowest BCUT2D eigenvalue weighted by Crippen LogP contribution is -2.23. The molecule has 0 saturated heterocycles. The van der Waals surface area contributed by atoms with Crippen molar-refractivity contribution in [3.05, 3.63) is 72.0 Å². The molecule has 0 radical (unpaired) electrons. The molecule has 1 unspecified atom stereocenters. The molecule has 4 rings (SSSR count). The molecule has 0 bridgehead atoms. The Hall–Kier alpha value is -3.84. The van der Waals surface area contributed by atoms with Crippen molar-refractivity contribution in [3.8, 4) is 11.3 Å². The fourth-order valence-electron chi connectivity index (χ4n) is 3.81. The minimum Gasteiger partial charge on any atom is -0.359 e. The average Bonchev–Trinajstić information content (AvgIpc) is 2.85. The summed E-state index contributed by atoms with van der Waals surface area (Å²) in [5.41, 5.74) is 2.07. The summed E-state index contributed by atoms with van der Waals surface area (Å²) in [4.78, 5) is 13.1. The Morgan fingerprint density at radius 3 is 2.16 bits per heavy atom. The van der Waals surface area contributed by atoms with Crippen molar-refractivity contribution in [1.82, 2.24) is 15.0 Å². The highest BCUT2D eigenvalue weighted by atomic mass is 32.2. The fraction of sp³-hybridized carbons (Fsp3) is 0.240. The number of nitrogens with zero attached hydrogens (tertiary/aromatic N) is 3. The summed E-state index contributed by atoms with van der Waals surface area (Å²) >= 11 is 0. The van der Waals surface area contributed by atoms with Crippen LogP contribution in [-0.4, -0.2) is 36.1 Å². The minimum absolute atomic E-state index is 0.0415. The van der Waals surface area contributed by atoms with E-state index in [-0.39, 0.29) is 33.6 Å². The fourth-order valence-corrected chi connectivity index (χ4v) is 4.32. The van der Waals surface area contributed by atoms with E-state index in [4.69, 9.17) is 5.14 Å². The third-order valence-electron chi connectivity index (χ3n) is 5.66. The number of primary sulfonamides is 1. The summed E-state index contributed by atoms with van der Waals surface area (Å²) in [7, 11) is -3.87. The summed E-state index contributed by atoms with van der Waals surface area (Å²) in [5.74, 6) is -0.557. The first-order chi connectivity index (χ1) is 17.8. The zero-order valence-electron chi connectivity index (χ0n) is 20.3. The van der Waals surface area contributed by atoms with Crippen LogP contribution >= 0.6 is 0 Å². The number of fused-ring (bicyclic) bond motifs is 1. The summed E-state index contributed by atoms with van der Waals surface area (Å²) in [6.45, 7) is 2.47. The van der Waals surface area contributed by atoms with E-state index in [1.165, 1.54) is 36.4 Å². The highest BCUT2D eigenvalue weighted by Crippen LogP contribution is 2.30. The number of anilines is 2. The SMILES string of the molecule is CC(C)C(Nc1nc(NCC(F)(F)F)c2nc(-c3ccc(F)cc3)ccc2n1)c1ccc(S(N)(=O)=O)cc1. The first-order valence-corrected chi connectivity index (χ1v) is 13.0. The number of rotatable bonds is 8. The number of benzene rings is 2. The third kappa shape index (κ3) is 6.53. The van der Waals surface area contributed by atoms with E-state index in [0.29, 0.717) is 16.8 Å². The molecule has 38 heavy (non-hydrogen) atoms. The monoisotopic (exact) mass is 548 g/mol. The molecule has 200 valence electrons. The quantitative estimate of drug-likeness (QED) is 0.257. The van der Waals surface area contributed by atoms with E-state index in [0.717, 1.165) is 0 Å². The molecule has 0 aliphatic carbocycles. The Labute approximate surface area is 216 Å². The molecule has 13 heteroatoms. The number of sulfonamides is 1. The second-order valence-electron chi connectivity index (χ2n) is 8.92. The number of hydrogen-bond acceptors (Lipinski definition) is 7. The lowest BCUT2D eigenvalue weighted by atomic mass is 9.96. The highest BCUT2D eigenvalue weighted by Gasteiger charge is 2.28. The largest absolute Gasteiger partial charge is 0.405 e. The highest BCUT2D eigenvalue weighted by molar-refractivity contribution is 7.89. The zero-order chi connectivity index (χ0) is 27.7. The number of aromatic nitrogens is 3. The lowest BCUT2D eigenvalue weighted by Gasteiger charge is -2.24. The predicted octanol–water partition coefficient (Wildman–Crippen LogP) is 5.26. The Balaban J connectivity index is 1.74. The molecule has 4 aromatic rings. The van der Waals surface area contributed by atoms with Crippen molar-refractivity contribution in [2.45, 2.75) is 31.0 Å². The molecule has 0 amide bonds. The van der Waals surface area contributed by atoms with Gasteiger partial charge in [0, 0.05) is 5.56 Å². The molecule has 0 fully saturated rings. The van der Waals surface area contributed by atoms with E-state index < -0.39 is 34.6 Å². The van der Waals surface area contributed by atoms with E-state index in [2.05, 4.69) is 25.6 Å². The molecule has 2 aromatic carbocycles. The van der Waals surface area contributed by atoms with Crippen LogP contribution in [0.4, 0.5) is 29.3 Å². The summed E-state index contributed by atoms with van der Waals surface area (Å²) in [5, 5.41) is 10.6. The number of nitrogens with one attached hydrogen (secondary N) is 2. The van der Waals surface area contributed by atoms with Gasteiger partial charge in [0.1, 0.15) is 17.9 Å². The van der Waals surface area contributed by atoms with Crippen molar-refractivity contribution < 1.29 is 26.0 Å². The van der Waals surface area contributed by atoms with Gasteiger partial charge in [0.2, 0.25) is 16.0 Å². The van der Waals surface area contributed by atoms with Gasteiger partial charge in [-0.05, 0) is 60.0 Å². The summed E-state index contributed by atoms with van der Waals surface area (Å²) < 4.78 is 75.7. The van der Waals surface area contributed by atoms with Crippen molar-refractivity contribution >= 4 is 32.8 Å². The van der Waals surface area contributed by atoms with Crippen LogP contribution < -0.4 is 15.8 Å². The summed E-state index contributed by atoms with van der Waals surface area (Å²) in [6.07, 6.45) is -4.51. The van der Waals surface area contributed by atoms with Crippen molar-refractivity contribution in [3.63, 3.8) is 0 Å². The smallest absolute Gasteiger partial charge is 0.359 e. The van der Waals surface area contributed by atoms with Crippen molar-refractivity contribution in [2.75, 3.05) is 17.2 Å². The van der Waals surface area contributed by atoms with Crippen LogP contribution in [0.25, 0.3) is 22.3 Å². The third-order valence-corrected chi connectivity index (χ3v) is 6.59. The molecule has 0 spiro atoms. The first kappa shape index (κ1) is 27.2. The van der Waals surface area contributed by atoms with E-state index in [1.54, 1.807) is 24.3 Å². The van der Waals surface area contributed by atoms with Crippen LogP contribution in [0, 0.1) is 11.7 Å². The number of nitrogens with two attached hydrogens (primary N) is 1. The van der Waals surface area contributed by atoms with Gasteiger partial charge in [-0.3, -0.25) is 0 Å². The van der Waals surface area contributed by atoms with Crippen LogP contribution in [0.15, 0.2) is 65.6 Å². The molecule has 8 nitrogen and oxygen atoms in total. The van der Waals surface area contributed by atoms with Gasteiger partial charge in [-0.2, -0.15) is 18.2 Å². The van der Waals surface area contributed by atoms with Crippen molar-refractivity contribution in [1.29, 1.82) is 0 Å². The molecule has 4 N–H and O–H groups in total. The van der Waals surface area contributed by atoms with Gasteiger partial charge in [-0.1, -0.05) is 26.0 Å². The molecule has 0 aliphatic rings. The molecule has 2 heterocycles. The standard InChI is InChI=1S/C25H24F4N6O2S/c1-14(2)21(16-5-9-18(10-6-16)38(30,36)37)34-24-33-20-12-11-19(15-3-7-17(26)8-4-15)32-22(20)23(35-24)31-13-25(27,28)29/h3-12,14,21H,13H2,1-2H3,(H2,30,36,37)(H2,31,33,34,35). The number of hydrogen-bond donors (Lipinski definition) is 3. The number of alkyl halides is 3. The second-order valence-corrected chi connectivity index (χ2v) is 10.5. The maximum atomic E-state index is 13.3. The van der Waals surface area contributed by atoms with Gasteiger partial charge in [0.05, 0.1) is 22.1 Å². The Bertz CT molecular complexity index is 1540. The predicted molar refractivity (Wildman–Crippen MR) is 136 cm³/mol. The Kier molecular flexibility index (Phi) is 7.51. The van der Waals surface area contributed by atoms with E-state index in [9.17, 15) is 26.0 Å². The Morgan fingerprint density at radius 1 is 0.921 bits per heavy atom. The van der Waals surface area contributed by atoms with E-state index >= 15 is 0 Å². The van der Waals surface area contributed by atoms with Crippen LogP contribution in [0.3, 0.4) is 0 Å². The molecule has 1 atom stereocenters. The van der Waals surface area contributed by atoms with Gasteiger partial charge in [-0.15, -0.1) is 0 Å². The summed E-state index contributed by atoms with van der Waals surface area (Å²) in [6, 6.07) is 14.3. The first-order valence-electron chi connectivity index (χ1n) is 11.4. The molecule has 2 aromatic heterocycles. The van der Waals surface area contributed by atoms with Gasteiger partial charge in [-0.25, -0.2) is 27.9 Å². The normalized spacial score (nSPS) is 13.1. The number of pyridine rings is 1. The van der Waals surface area contributed by atoms with Gasteiger partial charge >= 0.3 is 6.18 Å². The zero-order valence-corrected chi connectivity index (χ0v) is 21.1. The average molecular weight is 549 g/mol. The van der Waals surface area contributed by atoms with Crippen LogP contribution in [0.5, 0.6) is 0 Å². The second kappa shape index (κ2) is 10.5. The number of halogens is 4. The van der Waals surface area contributed by atoms with Crippen LogP contribution in [-0.2, 0) is 10.0 Å². The molecular formula is C25H24F4N6O2S. The lowest BCUT2D eigenvalue weighted by molar-refractivity contribution is -0.115. The minimum atomic E-state index is -4.51. The Morgan fingerprint density at radius 2 is 1.58 bits per heavy atom.